The van der Waals surface area contributed by atoms with Crippen molar-refractivity contribution in [3.63, 3.8) is 0 Å². The van der Waals surface area contributed by atoms with Crippen LogP contribution in [0.1, 0.15) is 58.8 Å². The zero-order valence-electron chi connectivity index (χ0n) is 13.8. The van der Waals surface area contributed by atoms with Crippen LogP contribution in [0.4, 0.5) is 0 Å². The van der Waals surface area contributed by atoms with E-state index in [2.05, 4.69) is 20.4 Å². The van der Waals surface area contributed by atoms with Gasteiger partial charge in [-0.25, -0.2) is 0 Å². The predicted octanol–water partition coefficient (Wildman–Crippen LogP) is 4.25. The molecule has 0 aromatic heterocycles. The van der Waals surface area contributed by atoms with Crippen molar-refractivity contribution in [2.45, 2.75) is 58.8 Å². The third kappa shape index (κ3) is 1.67. The Morgan fingerprint density at radius 1 is 1.05 bits per heavy atom. The lowest BCUT2D eigenvalue weighted by atomic mass is 9.47. The minimum atomic E-state index is -0.0799. The summed E-state index contributed by atoms with van der Waals surface area (Å²) in [5.41, 5.74) is 2.43. The third-order valence-electron chi connectivity index (χ3n) is 7.64. The summed E-state index contributed by atoms with van der Waals surface area (Å²) in [5.74, 6) is 2.51. The molecule has 0 radical (unpaired) electrons. The number of hydrogen-bond acceptors (Lipinski definition) is 2. The van der Waals surface area contributed by atoms with Crippen LogP contribution in [0.5, 0.6) is 0 Å². The number of carbonyl (C=O) groups is 2. The molecule has 3 saturated carbocycles. The van der Waals surface area contributed by atoms with Crippen molar-refractivity contribution >= 4 is 11.6 Å². The van der Waals surface area contributed by atoms with E-state index in [4.69, 9.17) is 0 Å². The van der Waals surface area contributed by atoms with E-state index in [1.54, 1.807) is 0 Å². The highest BCUT2D eigenvalue weighted by molar-refractivity contribution is 5.92. The van der Waals surface area contributed by atoms with Crippen LogP contribution in [0.15, 0.2) is 23.8 Å². The maximum Gasteiger partial charge on any atom is 0.156 e. The Morgan fingerprint density at radius 2 is 1.77 bits per heavy atom. The van der Waals surface area contributed by atoms with Crippen LogP contribution in [0.2, 0.25) is 0 Å². The number of ketones is 2. The lowest BCUT2D eigenvalue weighted by Gasteiger charge is -2.57. The van der Waals surface area contributed by atoms with Crippen molar-refractivity contribution in [3.8, 4) is 0 Å². The van der Waals surface area contributed by atoms with E-state index < -0.39 is 0 Å². The quantitative estimate of drug-likeness (QED) is 0.670. The first-order chi connectivity index (χ1) is 10.4. The predicted molar refractivity (Wildman–Crippen MR) is 86.2 cm³/mol. The van der Waals surface area contributed by atoms with E-state index in [9.17, 15) is 9.59 Å². The van der Waals surface area contributed by atoms with Crippen LogP contribution in [0.3, 0.4) is 0 Å². The molecule has 4 rings (SSSR count). The highest BCUT2D eigenvalue weighted by atomic mass is 16.1. The van der Waals surface area contributed by atoms with Gasteiger partial charge >= 0.3 is 0 Å². The topological polar surface area (TPSA) is 34.1 Å². The molecule has 118 valence electrons. The van der Waals surface area contributed by atoms with Crippen LogP contribution in [0, 0.1) is 28.6 Å². The fourth-order valence-corrected chi connectivity index (χ4v) is 6.34. The van der Waals surface area contributed by atoms with Gasteiger partial charge in [0.2, 0.25) is 0 Å². The van der Waals surface area contributed by atoms with Gasteiger partial charge in [0, 0.05) is 18.3 Å². The van der Waals surface area contributed by atoms with Crippen LogP contribution < -0.4 is 0 Å². The Labute approximate surface area is 133 Å². The molecule has 0 aromatic carbocycles. The lowest BCUT2D eigenvalue weighted by molar-refractivity contribution is -0.132. The van der Waals surface area contributed by atoms with Gasteiger partial charge in [-0.1, -0.05) is 26.0 Å². The summed E-state index contributed by atoms with van der Waals surface area (Å²) in [5, 5.41) is 0. The monoisotopic (exact) mass is 298 g/mol. The Bertz CT molecular complexity index is 613. The summed E-state index contributed by atoms with van der Waals surface area (Å²) < 4.78 is 0. The highest BCUT2D eigenvalue weighted by Gasteiger charge is 2.59. The average molecular weight is 298 g/mol. The first-order valence-electron chi connectivity index (χ1n) is 8.83. The normalized spacial score (nSPS) is 47.6. The largest absolute Gasteiger partial charge is 0.299 e. The van der Waals surface area contributed by atoms with Gasteiger partial charge in [0.1, 0.15) is 5.78 Å². The Hall–Kier alpha value is -1.18. The number of allylic oxidation sites excluding steroid dienone is 2. The van der Waals surface area contributed by atoms with E-state index in [0.29, 0.717) is 30.0 Å². The molecule has 22 heavy (non-hydrogen) atoms. The third-order valence-corrected chi connectivity index (χ3v) is 7.64. The number of Topliss-reactive ketones (excluding diaryl/α,β-unsaturated/α-hetero) is 1. The Kier molecular flexibility index (Phi) is 2.90. The molecule has 4 aliphatic rings. The number of fused-ring (bicyclic) bond motifs is 5. The molecular weight excluding hydrogens is 272 g/mol. The lowest BCUT2D eigenvalue weighted by Crippen LogP contribution is -2.51. The minimum absolute atomic E-state index is 0.0799. The maximum atomic E-state index is 12.4. The smallest absolute Gasteiger partial charge is 0.156 e. The first kappa shape index (κ1) is 14.4. The van der Waals surface area contributed by atoms with Gasteiger partial charge in [-0.2, -0.15) is 0 Å². The first-order valence-corrected chi connectivity index (χ1v) is 8.83. The molecule has 0 spiro atoms. The van der Waals surface area contributed by atoms with E-state index >= 15 is 0 Å². The number of rotatable bonds is 0. The van der Waals surface area contributed by atoms with Gasteiger partial charge in [-0.05, 0) is 66.9 Å². The van der Waals surface area contributed by atoms with Crippen molar-refractivity contribution in [1.82, 2.24) is 0 Å². The molecular formula is C20H26O2. The average Bonchev–Trinajstić information content (AvgIpc) is 2.77. The zero-order valence-corrected chi connectivity index (χ0v) is 13.8. The summed E-state index contributed by atoms with van der Waals surface area (Å²) in [7, 11) is 0. The molecule has 3 fully saturated rings. The Balaban J connectivity index is 1.76. The molecule has 0 amide bonds. The van der Waals surface area contributed by atoms with Gasteiger partial charge in [-0.15, -0.1) is 0 Å². The van der Waals surface area contributed by atoms with Crippen LogP contribution >= 0.6 is 0 Å². The molecule has 0 unspecified atom stereocenters. The summed E-state index contributed by atoms with van der Waals surface area (Å²) in [6.07, 6.45) is 8.54. The molecule has 2 nitrogen and oxygen atoms in total. The van der Waals surface area contributed by atoms with Crippen molar-refractivity contribution in [2.24, 2.45) is 28.6 Å². The van der Waals surface area contributed by atoms with Gasteiger partial charge in [-0.3, -0.25) is 9.59 Å². The van der Waals surface area contributed by atoms with Gasteiger partial charge in [0.05, 0.1) is 0 Å². The summed E-state index contributed by atoms with van der Waals surface area (Å²) in [6.45, 7) is 8.89. The van der Waals surface area contributed by atoms with Gasteiger partial charge in [0.15, 0.2) is 5.78 Å². The standard InChI is InChI=1S/C20H26O2/c1-12-10-14-15-4-5-18(22)20(15,3)9-7-16(14)19(2)8-6-13(21)11-17(12)19/h11,14-16H,1,4-10H2,2-3H3/t14-,15+,16-,19+,20+/m1/s1. The maximum absolute atomic E-state index is 12.4. The summed E-state index contributed by atoms with van der Waals surface area (Å²) >= 11 is 0. The second-order valence-electron chi connectivity index (χ2n) is 8.54. The molecule has 0 saturated heterocycles. The van der Waals surface area contributed by atoms with Crippen molar-refractivity contribution in [1.29, 1.82) is 0 Å². The summed E-state index contributed by atoms with van der Waals surface area (Å²) in [4.78, 5) is 24.3. The number of carbonyl (C=O) groups excluding carboxylic acids is 2. The highest BCUT2D eigenvalue weighted by Crippen LogP contribution is 2.65. The minimum Gasteiger partial charge on any atom is -0.299 e. The molecule has 4 aliphatic carbocycles. The number of hydrogen-bond donors (Lipinski definition) is 0. The van der Waals surface area contributed by atoms with E-state index in [1.807, 2.05) is 6.08 Å². The zero-order chi connectivity index (χ0) is 15.7. The molecule has 0 heterocycles. The molecule has 2 heteroatoms. The van der Waals surface area contributed by atoms with Gasteiger partial charge < -0.3 is 0 Å². The van der Waals surface area contributed by atoms with Crippen LogP contribution in [-0.2, 0) is 9.59 Å². The molecule has 0 aromatic rings. The fraction of sp³-hybridized carbons (Fsp3) is 0.700. The fourth-order valence-electron chi connectivity index (χ4n) is 6.34. The summed E-state index contributed by atoms with van der Waals surface area (Å²) in [6, 6.07) is 0. The Morgan fingerprint density at radius 3 is 2.55 bits per heavy atom. The molecule has 0 bridgehead atoms. The van der Waals surface area contributed by atoms with Gasteiger partial charge in [0.25, 0.3) is 0 Å². The van der Waals surface area contributed by atoms with Crippen molar-refractivity contribution < 1.29 is 9.59 Å². The SMILES string of the molecule is C=C1C[C@H]2[C@@H](CC[C@]3(C)C(=O)CC[C@@H]23)[C@]2(C)CCC(=O)C=C12. The second-order valence-corrected chi connectivity index (χ2v) is 8.54. The second kappa shape index (κ2) is 4.43. The van der Waals surface area contributed by atoms with E-state index in [1.165, 1.54) is 11.1 Å². The molecule has 0 aliphatic heterocycles. The van der Waals surface area contributed by atoms with Crippen molar-refractivity contribution in [2.75, 3.05) is 0 Å². The molecule has 0 N–H and O–H groups in total. The van der Waals surface area contributed by atoms with Crippen LogP contribution in [-0.4, -0.2) is 11.6 Å². The van der Waals surface area contributed by atoms with E-state index in [0.717, 1.165) is 38.5 Å². The van der Waals surface area contributed by atoms with Crippen LogP contribution in [0.25, 0.3) is 0 Å². The van der Waals surface area contributed by atoms with E-state index in [-0.39, 0.29) is 16.6 Å². The molecule has 5 atom stereocenters. The van der Waals surface area contributed by atoms with Crippen molar-refractivity contribution in [3.05, 3.63) is 23.8 Å².